The van der Waals surface area contributed by atoms with Crippen LogP contribution in [0, 0.1) is 19.3 Å². The largest absolute Gasteiger partial charge is 0.372 e. The Labute approximate surface area is 73.8 Å². The monoisotopic (exact) mass is 158 g/mol. The van der Waals surface area contributed by atoms with E-state index in [9.17, 15) is 0 Å². The number of hydrogen-bond acceptors (Lipinski definition) is 1. The third-order valence-electron chi connectivity index (χ3n) is 1.62. The maximum atomic E-state index is 6.90. The lowest BCUT2D eigenvalue weighted by Gasteiger charge is -2.08. The fraction of sp³-hybridized carbons (Fsp3) is 0.273. The lowest BCUT2D eigenvalue weighted by atomic mass is 10.2. The second kappa shape index (κ2) is 3.82. The van der Waals surface area contributed by atoms with E-state index in [1.165, 1.54) is 5.56 Å². The van der Waals surface area contributed by atoms with E-state index in [1.807, 2.05) is 38.1 Å². The first-order chi connectivity index (χ1) is 5.72. The van der Waals surface area contributed by atoms with Gasteiger partial charge in [0.1, 0.15) is 0 Å². The van der Waals surface area contributed by atoms with Gasteiger partial charge in [0.25, 0.3) is 0 Å². The second-order valence-electron chi connectivity index (χ2n) is 2.88. The Balaban J connectivity index is 2.71. The molecule has 61 valence electrons. The van der Waals surface area contributed by atoms with Gasteiger partial charge in [-0.15, -0.1) is 0 Å². The number of nitrogens with one attached hydrogen (secondary N) is 1. The summed E-state index contributed by atoms with van der Waals surface area (Å²) >= 11 is 0. The summed E-state index contributed by atoms with van der Waals surface area (Å²) in [6.45, 7) is 3.94. The van der Waals surface area contributed by atoms with Crippen LogP contribution >= 0.6 is 0 Å². The van der Waals surface area contributed by atoms with Crippen molar-refractivity contribution in [3.63, 3.8) is 0 Å². The Hall–Kier alpha value is -1.42. The molecule has 0 heterocycles. The predicted molar refractivity (Wildman–Crippen MR) is 51.4 cm³/mol. The minimum atomic E-state index is -0.0215. The van der Waals surface area contributed by atoms with Crippen molar-refractivity contribution in [1.82, 2.24) is 0 Å². The van der Waals surface area contributed by atoms with Crippen LogP contribution in [0.1, 0.15) is 12.5 Å². The Bertz CT molecular complexity index is 296. The van der Waals surface area contributed by atoms with E-state index in [0.717, 1.165) is 5.69 Å². The SMILES string of the molecule is [C]#CC(C)Nc1cccc(C)c1. The standard InChI is InChI=1S/C11H12N/c1-4-10(3)12-11-7-5-6-9(2)8-11/h5-8,10,12H,2-3H3. The quantitative estimate of drug-likeness (QED) is 0.652. The van der Waals surface area contributed by atoms with Crippen LogP contribution in [0.25, 0.3) is 0 Å². The zero-order chi connectivity index (χ0) is 8.97. The number of benzene rings is 1. The molecule has 0 aliphatic carbocycles. The molecule has 0 fully saturated rings. The van der Waals surface area contributed by atoms with Gasteiger partial charge in [-0.05, 0) is 38.0 Å². The van der Waals surface area contributed by atoms with Crippen LogP contribution in [0.3, 0.4) is 0 Å². The number of hydrogen-bond donors (Lipinski definition) is 1. The van der Waals surface area contributed by atoms with E-state index >= 15 is 0 Å². The van der Waals surface area contributed by atoms with Crippen molar-refractivity contribution < 1.29 is 0 Å². The van der Waals surface area contributed by atoms with E-state index in [1.54, 1.807) is 0 Å². The van der Waals surface area contributed by atoms with Crippen molar-refractivity contribution in [3.05, 3.63) is 36.3 Å². The molecule has 0 bridgehead atoms. The Morgan fingerprint density at radius 2 is 2.25 bits per heavy atom. The summed E-state index contributed by atoms with van der Waals surface area (Å²) in [5.41, 5.74) is 2.26. The first-order valence-corrected chi connectivity index (χ1v) is 3.98. The van der Waals surface area contributed by atoms with Gasteiger partial charge in [0.2, 0.25) is 0 Å². The molecule has 1 atom stereocenters. The Kier molecular flexibility index (Phi) is 2.76. The fourth-order valence-electron chi connectivity index (χ4n) is 1.02. The molecule has 1 aromatic carbocycles. The van der Waals surface area contributed by atoms with Gasteiger partial charge in [-0.3, -0.25) is 0 Å². The Morgan fingerprint density at radius 1 is 1.50 bits per heavy atom. The molecule has 0 aliphatic heterocycles. The van der Waals surface area contributed by atoms with Gasteiger partial charge in [0, 0.05) is 5.69 Å². The topological polar surface area (TPSA) is 12.0 Å². The third-order valence-corrected chi connectivity index (χ3v) is 1.62. The highest BCUT2D eigenvalue weighted by atomic mass is 14.9. The second-order valence-corrected chi connectivity index (χ2v) is 2.88. The molecular weight excluding hydrogens is 146 g/mol. The van der Waals surface area contributed by atoms with Crippen molar-refractivity contribution >= 4 is 5.69 Å². The zero-order valence-electron chi connectivity index (χ0n) is 7.39. The number of rotatable bonds is 2. The van der Waals surface area contributed by atoms with Crippen molar-refractivity contribution in [3.8, 4) is 5.92 Å². The average molecular weight is 158 g/mol. The first-order valence-electron chi connectivity index (χ1n) is 3.98. The molecule has 12 heavy (non-hydrogen) atoms. The van der Waals surface area contributed by atoms with Crippen LogP contribution in [0.2, 0.25) is 0 Å². The van der Waals surface area contributed by atoms with Gasteiger partial charge >= 0.3 is 0 Å². The average Bonchev–Trinajstić information content (AvgIpc) is 2.04. The number of anilines is 1. The number of aryl methyl sites for hydroxylation is 1. The van der Waals surface area contributed by atoms with Gasteiger partial charge in [0.15, 0.2) is 0 Å². The minimum absolute atomic E-state index is 0.0215. The molecule has 1 aromatic rings. The molecule has 1 N–H and O–H groups in total. The zero-order valence-corrected chi connectivity index (χ0v) is 7.39. The van der Waals surface area contributed by atoms with Crippen LogP contribution in [0.5, 0.6) is 0 Å². The van der Waals surface area contributed by atoms with Gasteiger partial charge in [-0.25, -0.2) is 0 Å². The highest BCUT2D eigenvalue weighted by molar-refractivity contribution is 5.47. The molecule has 1 rings (SSSR count). The van der Waals surface area contributed by atoms with Crippen LogP contribution in [-0.4, -0.2) is 6.04 Å². The first kappa shape index (κ1) is 8.67. The normalized spacial score (nSPS) is 11.8. The maximum Gasteiger partial charge on any atom is 0.0858 e. The molecule has 0 saturated carbocycles. The lowest BCUT2D eigenvalue weighted by Crippen LogP contribution is -2.11. The van der Waals surface area contributed by atoms with E-state index in [2.05, 4.69) is 11.2 Å². The minimum Gasteiger partial charge on any atom is -0.372 e. The summed E-state index contributed by atoms with van der Waals surface area (Å²) in [6.07, 6.45) is 6.90. The van der Waals surface area contributed by atoms with E-state index < -0.39 is 0 Å². The summed E-state index contributed by atoms with van der Waals surface area (Å²) in [6, 6.07) is 8.05. The van der Waals surface area contributed by atoms with Gasteiger partial charge < -0.3 is 5.32 Å². The van der Waals surface area contributed by atoms with Crippen molar-refractivity contribution in [2.75, 3.05) is 5.32 Å². The molecule has 1 unspecified atom stereocenters. The van der Waals surface area contributed by atoms with E-state index in [0.29, 0.717) is 0 Å². The fourth-order valence-corrected chi connectivity index (χ4v) is 1.02. The van der Waals surface area contributed by atoms with Crippen LogP contribution in [-0.2, 0) is 0 Å². The highest BCUT2D eigenvalue weighted by Gasteiger charge is 1.95. The smallest absolute Gasteiger partial charge is 0.0858 e. The van der Waals surface area contributed by atoms with Crippen LogP contribution in [0.4, 0.5) is 5.69 Å². The Morgan fingerprint density at radius 3 is 2.83 bits per heavy atom. The molecule has 1 heteroatoms. The summed E-state index contributed by atoms with van der Waals surface area (Å²) in [7, 11) is 0. The molecule has 0 amide bonds. The van der Waals surface area contributed by atoms with Crippen LogP contribution < -0.4 is 5.32 Å². The molecule has 1 radical (unpaired) electrons. The highest BCUT2D eigenvalue weighted by Crippen LogP contribution is 2.10. The summed E-state index contributed by atoms with van der Waals surface area (Å²) < 4.78 is 0. The molecular formula is C11H12N. The van der Waals surface area contributed by atoms with Gasteiger partial charge in [-0.2, -0.15) is 0 Å². The summed E-state index contributed by atoms with van der Waals surface area (Å²) in [5.74, 6) is 2.37. The van der Waals surface area contributed by atoms with Crippen molar-refractivity contribution in [2.45, 2.75) is 19.9 Å². The molecule has 1 nitrogen and oxygen atoms in total. The van der Waals surface area contributed by atoms with Crippen molar-refractivity contribution in [1.29, 1.82) is 0 Å². The molecule has 0 saturated heterocycles. The van der Waals surface area contributed by atoms with Crippen LogP contribution in [0.15, 0.2) is 24.3 Å². The van der Waals surface area contributed by atoms with Crippen molar-refractivity contribution in [2.24, 2.45) is 0 Å². The predicted octanol–water partition coefficient (Wildman–Crippen LogP) is 2.39. The van der Waals surface area contributed by atoms with E-state index in [-0.39, 0.29) is 6.04 Å². The third kappa shape index (κ3) is 2.32. The maximum absolute atomic E-state index is 6.90. The van der Waals surface area contributed by atoms with Gasteiger partial charge in [-0.1, -0.05) is 18.1 Å². The molecule has 0 spiro atoms. The molecule has 0 aliphatic rings. The van der Waals surface area contributed by atoms with E-state index in [4.69, 9.17) is 6.42 Å². The van der Waals surface area contributed by atoms with Gasteiger partial charge in [0.05, 0.1) is 6.04 Å². The summed E-state index contributed by atoms with van der Waals surface area (Å²) in [4.78, 5) is 0. The lowest BCUT2D eigenvalue weighted by molar-refractivity contribution is 1.03. The molecule has 0 aromatic heterocycles. The summed E-state index contributed by atoms with van der Waals surface area (Å²) in [5, 5.41) is 3.13.